The van der Waals surface area contributed by atoms with Crippen molar-refractivity contribution >= 4 is 27.6 Å². The van der Waals surface area contributed by atoms with E-state index in [1.165, 1.54) is 12.1 Å². The van der Waals surface area contributed by atoms with Crippen LogP contribution in [-0.2, 0) is 0 Å². The van der Waals surface area contributed by atoms with Gasteiger partial charge >= 0.3 is 5.97 Å². The maximum absolute atomic E-state index is 14.7. The number of pyridine rings is 1. The molecule has 35 heavy (non-hydrogen) atoms. The van der Waals surface area contributed by atoms with E-state index >= 15 is 0 Å². The summed E-state index contributed by atoms with van der Waals surface area (Å²) in [6, 6.07) is 11.6. The van der Waals surface area contributed by atoms with E-state index in [1.807, 2.05) is 19.9 Å². The Labute approximate surface area is 197 Å². The van der Waals surface area contributed by atoms with Gasteiger partial charge in [0.15, 0.2) is 11.6 Å². The van der Waals surface area contributed by atoms with Gasteiger partial charge in [-0.05, 0) is 53.3 Å². The molecule has 9 heteroatoms. The number of carbonyl (C=O) groups is 1. The molecule has 0 aliphatic carbocycles. The van der Waals surface area contributed by atoms with Crippen LogP contribution in [0, 0.1) is 17.5 Å². The normalized spacial score (nSPS) is 11.5. The number of fused-ring (bicyclic) bond motifs is 2. The highest BCUT2D eigenvalue weighted by molar-refractivity contribution is 6.06. The number of ether oxygens (including phenoxy) is 1. The van der Waals surface area contributed by atoms with Crippen LogP contribution in [0.15, 0.2) is 54.7 Å². The first-order valence-corrected chi connectivity index (χ1v) is 10.7. The van der Waals surface area contributed by atoms with E-state index < -0.39 is 28.9 Å². The number of hydrogen-bond acceptors (Lipinski definition) is 4. The predicted molar refractivity (Wildman–Crippen MR) is 124 cm³/mol. The number of nitrogens with one attached hydrogen (secondary N) is 1. The van der Waals surface area contributed by atoms with Gasteiger partial charge in [-0.2, -0.15) is 9.49 Å². The number of benzene rings is 3. The minimum Gasteiger partial charge on any atom is -0.478 e. The summed E-state index contributed by atoms with van der Waals surface area (Å²) >= 11 is 0. The molecular weight excluding hydrogens is 459 g/mol. The van der Waals surface area contributed by atoms with Crippen molar-refractivity contribution in [1.82, 2.24) is 15.2 Å². The minimum atomic E-state index is -1.59. The van der Waals surface area contributed by atoms with Crippen LogP contribution < -0.4 is 4.74 Å². The summed E-state index contributed by atoms with van der Waals surface area (Å²) in [5, 5.41) is 18.0. The Kier molecular flexibility index (Phi) is 5.39. The van der Waals surface area contributed by atoms with Gasteiger partial charge in [0.2, 0.25) is 11.7 Å². The van der Waals surface area contributed by atoms with Gasteiger partial charge < -0.3 is 9.84 Å². The molecule has 6 nitrogen and oxygen atoms in total. The lowest BCUT2D eigenvalue weighted by molar-refractivity contribution is 0.0690. The largest absolute Gasteiger partial charge is 0.478 e. The number of H-pyrrole nitrogens is 1. The number of halogens is 3. The molecule has 0 saturated heterocycles. The molecule has 3 aromatic carbocycles. The third-order valence-electron chi connectivity index (χ3n) is 5.72. The second-order valence-electron chi connectivity index (χ2n) is 8.34. The first kappa shape index (κ1) is 22.4. The summed E-state index contributed by atoms with van der Waals surface area (Å²) in [7, 11) is 0. The second kappa shape index (κ2) is 8.43. The topological polar surface area (TPSA) is 88.1 Å². The van der Waals surface area contributed by atoms with Gasteiger partial charge in [-0.25, -0.2) is 18.6 Å². The van der Waals surface area contributed by atoms with Crippen molar-refractivity contribution in [3.63, 3.8) is 0 Å². The average molecular weight is 477 g/mol. The Morgan fingerprint density at radius 1 is 1.00 bits per heavy atom. The SMILES string of the molecule is CC(C)c1nc(Oc2ccc(C(=O)O)c(F)c2F)c2cc3[nH]ncc3cc2c1-c1ccc(F)cc1. The van der Waals surface area contributed by atoms with Crippen LogP contribution in [-0.4, -0.2) is 26.3 Å². The lowest BCUT2D eigenvalue weighted by Gasteiger charge is -2.19. The van der Waals surface area contributed by atoms with Crippen molar-refractivity contribution in [1.29, 1.82) is 0 Å². The molecule has 0 atom stereocenters. The third-order valence-corrected chi connectivity index (χ3v) is 5.72. The van der Waals surface area contributed by atoms with Crippen molar-refractivity contribution in [3.8, 4) is 22.8 Å². The molecule has 0 radical (unpaired) electrons. The van der Waals surface area contributed by atoms with Crippen LogP contribution in [0.1, 0.15) is 35.8 Å². The Balaban J connectivity index is 1.79. The number of nitrogens with zero attached hydrogens (tertiary/aromatic N) is 2. The van der Waals surface area contributed by atoms with Crippen LogP contribution in [0.4, 0.5) is 13.2 Å². The van der Waals surface area contributed by atoms with Crippen LogP contribution in [0.5, 0.6) is 11.6 Å². The number of hydrogen-bond donors (Lipinski definition) is 2. The van der Waals surface area contributed by atoms with E-state index in [1.54, 1.807) is 24.4 Å². The van der Waals surface area contributed by atoms with E-state index in [0.29, 0.717) is 22.0 Å². The van der Waals surface area contributed by atoms with E-state index in [0.717, 1.165) is 28.6 Å². The highest BCUT2D eigenvalue weighted by atomic mass is 19.2. The van der Waals surface area contributed by atoms with Gasteiger partial charge in [-0.15, -0.1) is 0 Å². The summed E-state index contributed by atoms with van der Waals surface area (Å²) in [4.78, 5) is 15.8. The van der Waals surface area contributed by atoms with Crippen molar-refractivity contribution < 1.29 is 27.8 Å². The lowest BCUT2D eigenvalue weighted by Crippen LogP contribution is -2.05. The fourth-order valence-electron chi connectivity index (χ4n) is 4.03. The van der Waals surface area contributed by atoms with Gasteiger partial charge in [0, 0.05) is 16.3 Å². The monoisotopic (exact) mass is 477 g/mol. The molecule has 0 fully saturated rings. The molecule has 0 aliphatic heterocycles. The van der Waals surface area contributed by atoms with Gasteiger partial charge in [0.05, 0.1) is 23.0 Å². The fourth-order valence-corrected chi connectivity index (χ4v) is 4.03. The summed E-state index contributed by atoms with van der Waals surface area (Å²) in [5.74, 6) is -5.54. The number of carboxylic acids is 1. The zero-order valence-corrected chi connectivity index (χ0v) is 18.6. The molecule has 0 aliphatic rings. The minimum absolute atomic E-state index is 0.00689. The third kappa shape index (κ3) is 3.84. The zero-order chi connectivity index (χ0) is 24.9. The van der Waals surface area contributed by atoms with Gasteiger partial charge in [-0.1, -0.05) is 26.0 Å². The molecule has 0 spiro atoms. The van der Waals surface area contributed by atoms with Crippen molar-refractivity contribution in [3.05, 3.63) is 83.4 Å². The maximum Gasteiger partial charge on any atom is 0.338 e. The quantitative estimate of drug-likeness (QED) is 0.290. The van der Waals surface area contributed by atoms with E-state index in [2.05, 4.69) is 15.2 Å². The predicted octanol–water partition coefficient (Wildman–Crippen LogP) is 6.81. The Morgan fingerprint density at radius 3 is 2.43 bits per heavy atom. The molecule has 5 rings (SSSR count). The lowest BCUT2D eigenvalue weighted by atomic mass is 9.92. The molecule has 176 valence electrons. The smallest absolute Gasteiger partial charge is 0.338 e. The molecule has 2 heterocycles. The summed E-state index contributed by atoms with van der Waals surface area (Å²) < 4.78 is 48.4. The maximum atomic E-state index is 14.7. The summed E-state index contributed by atoms with van der Waals surface area (Å²) in [6.45, 7) is 3.84. The molecule has 2 aromatic heterocycles. The van der Waals surface area contributed by atoms with Crippen LogP contribution in [0.3, 0.4) is 0 Å². The van der Waals surface area contributed by atoms with Crippen LogP contribution in [0.2, 0.25) is 0 Å². The second-order valence-corrected chi connectivity index (χ2v) is 8.34. The van der Waals surface area contributed by atoms with Crippen LogP contribution in [0.25, 0.3) is 32.8 Å². The van der Waals surface area contributed by atoms with Crippen molar-refractivity contribution in [2.24, 2.45) is 0 Å². The molecule has 5 aromatic rings. The number of aromatic carboxylic acids is 1. The number of rotatable bonds is 5. The molecule has 0 amide bonds. The van der Waals surface area contributed by atoms with E-state index in [-0.39, 0.29) is 17.6 Å². The van der Waals surface area contributed by atoms with Gasteiger partial charge in [0.1, 0.15) is 5.82 Å². The number of aromatic amines is 1. The average Bonchev–Trinajstić information content (AvgIpc) is 3.28. The molecule has 2 N–H and O–H groups in total. The number of aromatic nitrogens is 3. The fraction of sp³-hybridized carbons (Fsp3) is 0.115. The highest BCUT2D eigenvalue weighted by Crippen LogP contribution is 2.41. The molecule has 0 bridgehead atoms. The molecule has 0 unspecified atom stereocenters. The Hall–Kier alpha value is -4.40. The zero-order valence-electron chi connectivity index (χ0n) is 18.6. The molecule has 0 saturated carbocycles. The summed E-state index contributed by atoms with van der Waals surface area (Å²) in [5.41, 5.74) is 1.94. The van der Waals surface area contributed by atoms with Crippen molar-refractivity contribution in [2.75, 3.05) is 0 Å². The Morgan fingerprint density at radius 2 is 1.74 bits per heavy atom. The summed E-state index contributed by atoms with van der Waals surface area (Å²) in [6.07, 6.45) is 1.65. The first-order chi connectivity index (χ1) is 16.7. The van der Waals surface area contributed by atoms with Crippen molar-refractivity contribution in [2.45, 2.75) is 19.8 Å². The Bertz CT molecular complexity index is 1610. The van der Waals surface area contributed by atoms with E-state index in [9.17, 15) is 18.0 Å². The highest BCUT2D eigenvalue weighted by Gasteiger charge is 2.23. The standard InChI is InChI=1S/C26H18F3N3O3/c1-12(2)24-21(13-3-5-15(27)6-4-13)17-9-14-11-30-32-19(14)10-18(17)25(31-24)35-20-8-7-16(26(33)34)22(28)23(20)29/h3-12H,1-2H3,(H,30,32)(H,33,34). The first-order valence-electron chi connectivity index (χ1n) is 10.7. The van der Waals surface area contributed by atoms with Crippen LogP contribution >= 0.6 is 0 Å². The number of carboxylic acid groups (broad SMARTS) is 1. The van der Waals surface area contributed by atoms with Gasteiger partial charge in [0.25, 0.3) is 0 Å². The van der Waals surface area contributed by atoms with E-state index in [4.69, 9.17) is 9.84 Å². The molecular formula is C26H18F3N3O3. The van der Waals surface area contributed by atoms with Gasteiger partial charge in [-0.3, -0.25) is 5.10 Å².